The minimum Gasteiger partial charge on any atom is -0.409 e. The van der Waals surface area contributed by atoms with Crippen LogP contribution in [0.3, 0.4) is 0 Å². The summed E-state index contributed by atoms with van der Waals surface area (Å²) in [4.78, 5) is 25.5. The Morgan fingerprint density at radius 1 is 1.03 bits per heavy atom. The van der Waals surface area contributed by atoms with Gasteiger partial charge in [-0.1, -0.05) is 60.3 Å². The maximum absolute atomic E-state index is 13.1. The quantitative estimate of drug-likeness (QED) is 0.317. The number of nitrogens with zero attached hydrogens (tertiary/aromatic N) is 6. The van der Waals surface area contributed by atoms with Gasteiger partial charge in [0.15, 0.2) is 5.69 Å². The molecule has 0 saturated carbocycles. The van der Waals surface area contributed by atoms with Crippen molar-refractivity contribution in [3.8, 4) is 11.6 Å². The van der Waals surface area contributed by atoms with Crippen molar-refractivity contribution in [2.75, 3.05) is 11.1 Å². The first kappa shape index (κ1) is 23.5. The molecule has 3 aromatic heterocycles. The summed E-state index contributed by atoms with van der Waals surface area (Å²) in [7, 11) is 0. The van der Waals surface area contributed by atoms with Crippen molar-refractivity contribution < 1.29 is 9.21 Å². The van der Waals surface area contributed by atoms with Crippen LogP contribution in [0.1, 0.15) is 25.5 Å². The van der Waals surface area contributed by atoms with Crippen LogP contribution in [0.5, 0.6) is 0 Å². The highest BCUT2D eigenvalue weighted by Crippen LogP contribution is 2.27. The van der Waals surface area contributed by atoms with Gasteiger partial charge in [-0.2, -0.15) is 10.2 Å². The third kappa shape index (κ3) is 4.91. The zero-order valence-electron chi connectivity index (χ0n) is 19.7. The van der Waals surface area contributed by atoms with E-state index >= 15 is 0 Å². The number of thioether (sulfide) groups is 1. The fourth-order valence-corrected chi connectivity index (χ4v) is 4.31. The average Bonchev–Trinajstić information content (AvgIpc) is 3.55. The van der Waals surface area contributed by atoms with Crippen LogP contribution in [0.15, 0.2) is 81.3 Å². The third-order valence-electron chi connectivity index (χ3n) is 5.41. The number of amides is 1. The average molecular weight is 502 g/mol. The molecule has 10 nitrogen and oxygen atoms in total. The molecule has 3 heterocycles. The molecule has 1 amide bonds. The SMILES string of the molecule is CC(C)n1nccc1NC(=O)CSc1nnc(-c2nn(Cc3ccccc3)c(=O)c3ccccc23)o1. The van der Waals surface area contributed by atoms with Gasteiger partial charge in [-0.15, -0.1) is 10.2 Å². The molecule has 0 aliphatic rings. The number of benzene rings is 2. The summed E-state index contributed by atoms with van der Waals surface area (Å²) in [6, 6.07) is 18.7. The summed E-state index contributed by atoms with van der Waals surface area (Å²) < 4.78 is 8.96. The van der Waals surface area contributed by atoms with E-state index in [1.807, 2.05) is 50.2 Å². The third-order valence-corrected chi connectivity index (χ3v) is 6.22. The highest BCUT2D eigenvalue weighted by atomic mass is 32.2. The topological polar surface area (TPSA) is 121 Å². The minimum atomic E-state index is -0.220. The number of hydrogen-bond acceptors (Lipinski definition) is 8. The second-order valence-corrected chi connectivity index (χ2v) is 9.23. The molecule has 5 aromatic rings. The fourth-order valence-electron chi connectivity index (χ4n) is 3.75. The van der Waals surface area contributed by atoms with Gasteiger partial charge in [0, 0.05) is 17.5 Å². The van der Waals surface area contributed by atoms with Gasteiger partial charge in [0.25, 0.3) is 16.7 Å². The van der Waals surface area contributed by atoms with Crippen molar-refractivity contribution in [1.29, 1.82) is 0 Å². The van der Waals surface area contributed by atoms with Crippen molar-refractivity contribution >= 4 is 34.3 Å². The molecule has 5 rings (SSSR count). The van der Waals surface area contributed by atoms with E-state index in [-0.39, 0.29) is 34.4 Å². The number of aromatic nitrogens is 6. The van der Waals surface area contributed by atoms with Crippen molar-refractivity contribution in [3.63, 3.8) is 0 Å². The van der Waals surface area contributed by atoms with Crippen molar-refractivity contribution in [1.82, 2.24) is 29.8 Å². The smallest absolute Gasteiger partial charge is 0.277 e. The van der Waals surface area contributed by atoms with Crippen LogP contribution in [0, 0.1) is 0 Å². The molecular formula is C25H23N7O3S. The van der Waals surface area contributed by atoms with Crippen LogP contribution in [0.4, 0.5) is 5.82 Å². The highest BCUT2D eigenvalue weighted by molar-refractivity contribution is 7.99. The Morgan fingerprint density at radius 3 is 2.56 bits per heavy atom. The molecule has 0 unspecified atom stereocenters. The number of hydrogen-bond donors (Lipinski definition) is 1. The number of carbonyl (C=O) groups excluding carboxylic acids is 1. The Morgan fingerprint density at radius 2 is 1.78 bits per heavy atom. The van der Waals surface area contributed by atoms with E-state index in [0.29, 0.717) is 28.8 Å². The Bertz CT molecular complexity index is 1570. The molecule has 182 valence electrons. The van der Waals surface area contributed by atoms with Gasteiger partial charge in [-0.05, 0) is 25.5 Å². The molecule has 0 atom stereocenters. The monoisotopic (exact) mass is 501 g/mol. The molecule has 36 heavy (non-hydrogen) atoms. The second kappa shape index (κ2) is 10.2. The fraction of sp³-hybridized carbons (Fsp3) is 0.200. The zero-order valence-corrected chi connectivity index (χ0v) is 20.5. The van der Waals surface area contributed by atoms with E-state index in [1.54, 1.807) is 35.1 Å². The molecule has 0 aliphatic carbocycles. The van der Waals surface area contributed by atoms with Crippen LogP contribution in [-0.4, -0.2) is 41.4 Å². The van der Waals surface area contributed by atoms with Crippen molar-refractivity contribution in [2.45, 2.75) is 31.7 Å². The zero-order chi connectivity index (χ0) is 25.1. The minimum absolute atomic E-state index is 0.0760. The molecular weight excluding hydrogens is 478 g/mol. The van der Waals surface area contributed by atoms with Crippen molar-refractivity contribution in [2.24, 2.45) is 0 Å². The molecule has 0 radical (unpaired) electrons. The van der Waals surface area contributed by atoms with E-state index in [9.17, 15) is 9.59 Å². The Hall–Kier alpha value is -4.25. The van der Waals surface area contributed by atoms with Crippen LogP contribution in [0.2, 0.25) is 0 Å². The van der Waals surface area contributed by atoms with E-state index in [0.717, 1.165) is 17.3 Å². The van der Waals surface area contributed by atoms with Crippen LogP contribution >= 0.6 is 11.8 Å². The lowest BCUT2D eigenvalue weighted by Gasteiger charge is -2.11. The summed E-state index contributed by atoms with van der Waals surface area (Å²) in [5, 5.41) is 21.2. The van der Waals surface area contributed by atoms with E-state index in [4.69, 9.17) is 4.42 Å². The normalized spacial score (nSPS) is 11.3. The van der Waals surface area contributed by atoms with Crippen molar-refractivity contribution in [3.05, 3.63) is 82.8 Å². The number of rotatable bonds is 8. The van der Waals surface area contributed by atoms with E-state index in [1.165, 1.54) is 4.68 Å². The molecule has 1 N–H and O–H groups in total. The van der Waals surface area contributed by atoms with Gasteiger partial charge in [0.2, 0.25) is 5.91 Å². The molecule has 0 saturated heterocycles. The van der Waals surface area contributed by atoms with Gasteiger partial charge in [0.05, 0.1) is 23.9 Å². The van der Waals surface area contributed by atoms with E-state index in [2.05, 4.69) is 25.7 Å². The first-order valence-electron chi connectivity index (χ1n) is 11.3. The predicted molar refractivity (Wildman–Crippen MR) is 137 cm³/mol. The first-order chi connectivity index (χ1) is 17.5. The summed E-state index contributed by atoms with van der Waals surface area (Å²) >= 11 is 1.12. The lowest BCUT2D eigenvalue weighted by atomic mass is 10.1. The summed E-state index contributed by atoms with van der Waals surface area (Å²) in [5.74, 6) is 0.654. The Kier molecular flexibility index (Phi) is 6.63. The van der Waals surface area contributed by atoms with Crippen LogP contribution in [-0.2, 0) is 11.3 Å². The van der Waals surface area contributed by atoms with Crippen LogP contribution < -0.4 is 10.9 Å². The first-order valence-corrected chi connectivity index (χ1v) is 12.3. The molecule has 0 aliphatic heterocycles. The second-order valence-electron chi connectivity index (χ2n) is 8.31. The Balaban J connectivity index is 1.37. The molecule has 0 fully saturated rings. The molecule has 2 aromatic carbocycles. The van der Waals surface area contributed by atoms with Gasteiger partial charge in [-0.3, -0.25) is 9.59 Å². The standard InChI is InChI=1S/C25H23N7O3S/c1-16(2)32-20(12-13-26-32)27-21(33)15-36-25-29-28-23(35-25)22-18-10-6-7-11-19(18)24(34)31(30-22)14-17-8-4-3-5-9-17/h3-13,16H,14-15H2,1-2H3,(H,27,33). The maximum atomic E-state index is 13.1. The maximum Gasteiger partial charge on any atom is 0.277 e. The highest BCUT2D eigenvalue weighted by Gasteiger charge is 2.19. The largest absolute Gasteiger partial charge is 0.409 e. The molecule has 11 heteroatoms. The van der Waals surface area contributed by atoms with Crippen LogP contribution in [0.25, 0.3) is 22.4 Å². The summed E-state index contributed by atoms with van der Waals surface area (Å²) in [5.41, 5.74) is 1.15. The number of fused-ring (bicyclic) bond motifs is 1. The van der Waals surface area contributed by atoms with Gasteiger partial charge < -0.3 is 9.73 Å². The van der Waals surface area contributed by atoms with Gasteiger partial charge in [-0.25, -0.2) is 9.36 Å². The summed E-state index contributed by atoms with van der Waals surface area (Å²) in [6.45, 7) is 4.27. The Labute approximate surface area is 210 Å². The molecule has 0 spiro atoms. The summed E-state index contributed by atoms with van der Waals surface area (Å²) in [6.07, 6.45) is 1.64. The number of anilines is 1. The van der Waals surface area contributed by atoms with Gasteiger partial charge >= 0.3 is 0 Å². The number of nitrogens with one attached hydrogen (secondary N) is 1. The number of carbonyl (C=O) groups is 1. The lowest BCUT2D eigenvalue weighted by Crippen LogP contribution is -2.24. The predicted octanol–water partition coefficient (Wildman–Crippen LogP) is 4.00. The lowest BCUT2D eigenvalue weighted by molar-refractivity contribution is -0.113. The molecule has 0 bridgehead atoms. The van der Waals surface area contributed by atoms with Gasteiger partial charge in [0.1, 0.15) is 5.82 Å². The van der Waals surface area contributed by atoms with E-state index < -0.39 is 0 Å².